The van der Waals surface area contributed by atoms with Crippen LogP contribution in [0.25, 0.3) is 0 Å². The van der Waals surface area contributed by atoms with Crippen molar-refractivity contribution in [1.29, 1.82) is 0 Å². The van der Waals surface area contributed by atoms with Crippen LogP contribution in [0, 0.1) is 5.41 Å². The summed E-state index contributed by atoms with van der Waals surface area (Å²) in [5.74, 6) is 0.479. The SMILES string of the molecule is COc1ccc(N(C(=O)C(C)(C)C)[C@H]2C=CS(=O)(=O)C2)cc1. The molecule has 1 atom stereocenters. The quantitative estimate of drug-likeness (QED) is 0.857. The number of methoxy groups -OCH3 is 1. The van der Waals surface area contributed by atoms with Crippen molar-refractivity contribution in [2.75, 3.05) is 17.8 Å². The fraction of sp³-hybridized carbons (Fsp3) is 0.438. The monoisotopic (exact) mass is 323 g/mol. The van der Waals surface area contributed by atoms with Gasteiger partial charge in [0.1, 0.15) is 5.75 Å². The summed E-state index contributed by atoms with van der Waals surface area (Å²) in [5, 5.41) is 1.18. The number of ether oxygens (including phenoxy) is 1. The molecular formula is C16H21NO4S. The molecule has 1 aromatic rings. The maximum Gasteiger partial charge on any atom is 0.232 e. The number of carbonyl (C=O) groups excluding carboxylic acids is 1. The molecule has 0 radical (unpaired) electrons. The fourth-order valence-electron chi connectivity index (χ4n) is 2.28. The zero-order valence-corrected chi connectivity index (χ0v) is 14.1. The lowest BCUT2D eigenvalue weighted by atomic mass is 9.93. The van der Waals surface area contributed by atoms with Gasteiger partial charge in [-0.15, -0.1) is 0 Å². The van der Waals surface area contributed by atoms with Crippen LogP contribution in [0.15, 0.2) is 35.7 Å². The van der Waals surface area contributed by atoms with E-state index in [0.717, 1.165) is 0 Å². The van der Waals surface area contributed by atoms with E-state index >= 15 is 0 Å². The van der Waals surface area contributed by atoms with Gasteiger partial charge in [0.25, 0.3) is 0 Å². The van der Waals surface area contributed by atoms with E-state index in [9.17, 15) is 13.2 Å². The third kappa shape index (κ3) is 3.50. The number of anilines is 1. The normalized spacial score (nSPS) is 19.9. The average molecular weight is 323 g/mol. The molecule has 1 aliphatic heterocycles. The van der Waals surface area contributed by atoms with Crippen molar-refractivity contribution in [2.45, 2.75) is 26.8 Å². The number of rotatable bonds is 3. The summed E-state index contributed by atoms with van der Waals surface area (Å²) in [4.78, 5) is 14.3. The highest BCUT2D eigenvalue weighted by Gasteiger charge is 2.36. The Balaban J connectivity index is 2.41. The van der Waals surface area contributed by atoms with Crippen LogP contribution in [0.3, 0.4) is 0 Å². The number of hydrogen-bond acceptors (Lipinski definition) is 4. The van der Waals surface area contributed by atoms with Gasteiger partial charge in [0.2, 0.25) is 5.91 Å². The molecule has 6 heteroatoms. The zero-order chi connectivity index (χ0) is 16.5. The molecule has 0 aliphatic carbocycles. The molecule has 0 fully saturated rings. The maximum absolute atomic E-state index is 12.8. The van der Waals surface area contributed by atoms with Gasteiger partial charge >= 0.3 is 0 Å². The largest absolute Gasteiger partial charge is 0.497 e. The number of amides is 1. The smallest absolute Gasteiger partial charge is 0.232 e. The highest BCUT2D eigenvalue weighted by Crippen LogP contribution is 2.29. The van der Waals surface area contributed by atoms with Crippen LogP contribution in [0.5, 0.6) is 5.75 Å². The molecule has 0 N–H and O–H groups in total. The van der Waals surface area contributed by atoms with E-state index in [0.29, 0.717) is 11.4 Å². The Bertz CT molecular complexity index is 684. The van der Waals surface area contributed by atoms with Crippen molar-refractivity contribution < 1.29 is 17.9 Å². The van der Waals surface area contributed by atoms with Crippen molar-refractivity contribution in [3.8, 4) is 5.75 Å². The van der Waals surface area contributed by atoms with Gasteiger partial charge in [-0.05, 0) is 30.3 Å². The molecular weight excluding hydrogens is 302 g/mol. The van der Waals surface area contributed by atoms with Crippen LogP contribution < -0.4 is 9.64 Å². The van der Waals surface area contributed by atoms with Gasteiger partial charge in [-0.1, -0.05) is 20.8 Å². The molecule has 1 amide bonds. The number of carbonyl (C=O) groups is 1. The van der Waals surface area contributed by atoms with Crippen molar-refractivity contribution in [3.63, 3.8) is 0 Å². The summed E-state index contributed by atoms with van der Waals surface area (Å²) >= 11 is 0. The minimum absolute atomic E-state index is 0.0825. The van der Waals surface area contributed by atoms with E-state index < -0.39 is 21.3 Å². The molecule has 1 heterocycles. The van der Waals surface area contributed by atoms with E-state index in [4.69, 9.17) is 4.74 Å². The molecule has 0 unspecified atom stereocenters. The van der Waals surface area contributed by atoms with E-state index in [1.165, 1.54) is 5.41 Å². The first kappa shape index (κ1) is 16.5. The predicted molar refractivity (Wildman–Crippen MR) is 86.6 cm³/mol. The number of hydrogen-bond donors (Lipinski definition) is 0. The first-order chi connectivity index (χ1) is 10.1. The van der Waals surface area contributed by atoms with E-state index in [2.05, 4.69) is 0 Å². The first-order valence-corrected chi connectivity index (χ1v) is 8.74. The van der Waals surface area contributed by atoms with E-state index in [1.54, 1.807) is 42.4 Å². The van der Waals surface area contributed by atoms with Crippen LogP contribution in [0.1, 0.15) is 20.8 Å². The fourth-order valence-corrected chi connectivity index (χ4v) is 3.55. The Kier molecular flexibility index (Phi) is 4.33. The molecule has 0 aromatic heterocycles. The Morgan fingerprint density at radius 1 is 1.23 bits per heavy atom. The van der Waals surface area contributed by atoms with Gasteiger partial charge in [0, 0.05) is 16.5 Å². The summed E-state index contributed by atoms with van der Waals surface area (Å²) in [6, 6.07) is 6.56. The second kappa shape index (κ2) is 5.76. The van der Waals surface area contributed by atoms with E-state index in [1.807, 2.05) is 20.8 Å². The summed E-state index contributed by atoms with van der Waals surface area (Å²) in [7, 11) is -1.67. The first-order valence-electron chi connectivity index (χ1n) is 7.03. The molecule has 0 bridgehead atoms. The average Bonchev–Trinajstić information content (AvgIpc) is 2.79. The molecule has 1 aromatic carbocycles. The van der Waals surface area contributed by atoms with Crippen molar-refractivity contribution in [2.24, 2.45) is 5.41 Å². The summed E-state index contributed by atoms with van der Waals surface area (Å²) in [6.45, 7) is 5.46. The Labute approximate surface area is 131 Å². The van der Waals surface area contributed by atoms with Crippen LogP contribution in [0.4, 0.5) is 5.69 Å². The van der Waals surface area contributed by atoms with Crippen LogP contribution >= 0.6 is 0 Å². The van der Waals surface area contributed by atoms with Gasteiger partial charge < -0.3 is 9.64 Å². The van der Waals surface area contributed by atoms with Gasteiger partial charge in [-0.25, -0.2) is 8.42 Å². The summed E-state index contributed by atoms with van der Waals surface area (Å²) in [5.41, 5.74) is 0.0487. The van der Waals surface area contributed by atoms with Gasteiger partial charge in [-0.2, -0.15) is 0 Å². The lowest BCUT2D eigenvalue weighted by Crippen LogP contribution is -2.46. The highest BCUT2D eigenvalue weighted by atomic mass is 32.2. The minimum Gasteiger partial charge on any atom is -0.497 e. The molecule has 1 aliphatic rings. The lowest BCUT2D eigenvalue weighted by molar-refractivity contribution is -0.126. The van der Waals surface area contributed by atoms with Gasteiger partial charge in [0.15, 0.2) is 9.84 Å². The lowest BCUT2D eigenvalue weighted by Gasteiger charge is -2.33. The van der Waals surface area contributed by atoms with Crippen LogP contribution in [-0.2, 0) is 14.6 Å². The standard InChI is InChI=1S/C16H21NO4S/c1-16(2,3)15(18)17(13-9-10-22(19,20)11-13)12-5-7-14(21-4)8-6-12/h5-10,13H,11H2,1-4H3/t13-/m0/s1. The van der Waals surface area contributed by atoms with Crippen molar-refractivity contribution in [1.82, 2.24) is 0 Å². The Morgan fingerprint density at radius 3 is 2.23 bits per heavy atom. The molecule has 0 saturated heterocycles. The second-order valence-electron chi connectivity index (χ2n) is 6.35. The topological polar surface area (TPSA) is 63.7 Å². The van der Waals surface area contributed by atoms with Gasteiger partial charge in [-0.3, -0.25) is 4.79 Å². The summed E-state index contributed by atoms with van der Waals surface area (Å²) < 4.78 is 28.5. The zero-order valence-electron chi connectivity index (χ0n) is 13.2. The predicted octanol–water partition coefficient (Wildman–Crippen LogP) is 2.39. The summed E-state index contributed by atoms with van der Waals surface area (Å²) in [6.07, 6.45) is 1.57. The molecule has 2 rings (SSSR count). The second-order valence-corrected chi connectivity index (χ2v) is 8.28. The molecule has 0 spiro atoms. The molecule has 0 saturated carbocycles. The Hall–Kier alpha value is -1.82. The third-order valence-corrected chi connectivity index (χ3v) is 4.83. The van der Waals surface area contributed by atoms with Gasteiger partial charge in [0.05, 0.1) is 18.9 Å². The maximum atomic E-state index is 12.8. The number of nitrogens with zero attached hydrogens (tertiary/aromatic N) is 1. The van der Waals surface area contributed by atoms with Crippen LogP contribution in [0.2, 0.25) is 0 Å². The molecule has 22 heavy (non-hydrogen) atoms. The van der Waals surface area contributed by atoms with Crippen molar-refractivity contribution >= 4 is 21.4 Å². The number of sulfone groups is 1. The minimum atomic E-state index is -3.24. The molecule has 120 valence electrons. The number of benzene rings is 1. The highest BCUT2D eigenvalue weighted by molar-refractivity contribution is 7.94. The van der Waals surface area contributed by atoms with Crippen LogP contribution in [-0.4, -0.2) is 33.2 Å². The van der Waals surface area contributed by atoms with E-state index in [-0.39, 0.29) is 11.7 Å². The Morgan fingerprint density at radius 2 is 1.82 bits per heavy atom. The third-order valence-electron chi connectivity index (χ3n) is 3.45. The molecule has 5 nitrogen and oxygen atoms in total. The van der Waals surface area contributed by atoms with Crippen molar-refractivity contribution in [3.05, 3.63) is 35.7 Å².